The monoisotopic (exact) mass is 434 g/mol. The smallest absolute Gasteiger partial charge is 0.253 e. The molecule has 6 nitrogen and oxygen atoms in total. The summed E-state index contributed by atoms with van der Waals surface area (Å²) in [6, 6.07) is 13.2. The van der Waals surface area contributed by atoms with Gasteiger partial charge in [0.05, 0.1) is 7.11 Å². The number of hydrogen-bond acceptors (Lipinski definition) is 4. The fourth-order valence-electron chi connectivity index (χ4n) is 4.43. The van der Waals surface area contributed by atoms with Gasteiger partial charge >= 0.3 is 0 Å². The van der Waals surface area contributed by atoms with Crippen molar-refractivity contribution in [3.05, 3.63) is 59.4 Å². The number of aryl methyl sites for hydroxylation is 2. The molecule has 1 unspecified atom stereocenters. The Bertz CT molecular complexity index is 1130. The van der Waals surface area contributed by atoms with Crippen LogP contribution in [0.5, 0.6) is 5.75 Å². The lowest BCUT2D eigenvalue weighted by atomic mass is 9.92. The van der Waals surface area contributed by atoms with Gasteiger partial charge in [0.15, 0.2) is 0 Å². The van der Waals surface area contributed by atoms with E-state index >= 15 is 0 Å². The van der Waals surface area contributed by atoms with Gasteiger partial charge in [0.1, 0.15) is 17.1 Å². The highest BCUT2D eigenvalue weighted by Gasteiger charge is 2.25. The van der Waals surface area contributed by atoms with E-state index in [-0.39, 0.29) is 11.8 Å². The van der Waals surface area contributed by atoms with Gasteiger partial charge in [-0.15, -0.1) is 0 Å². The zero-order valence-corrected chi connectivity index (χ0v) is 18.9. The Morgan fingerprint density at radius 3 is 2.78 bits per heavy atom. The van der Waals surface area contributed by atoms with Crippen molar-refractivity contribution in [1.82, 2.24) is 4.90 Å². The number of carbonyl (C=O) groups excluding carboxylic acids is 2. The number of nitrogens with one attached hydrogen (secondary N) is 1. The zero-order valence-electron chi connectivity index (χ0n) is 18.9. The Morgan fingerprint density at radius 2 is 2.00 bits per heavy atom. The predicted octanol–water partition coefficient (Wildman–Crippen LogP) is 5.33. The van der Waals surface area contributed by atoms with E-state index in [2.05, 4.69) is 5.32 Å². The second-order valence-corrected chi connectivity index (χ2v) is 8.64. The van der Waals surface area contributed by atoms with Gasteiger partial charge in [0, 0.05) is 36.1 Å². The van der Waals surface area contributed by atoms with Crippen LogP contribution in [0.4, 0.5) is 5.69 Å². The summed E-state index contributed by atoms with van der Waals surface area (Å²) in [5.74, 6) is 1.99. The number of amides is 2. The summed E-state index contributed by atoms with van der Waals surface area (Å²) in [4.78, 5) is 27.5. The molecule has 4 rings (SSSR count). The van der Waals surface area contributed by atoms with Crippen LogP contribution in [0.2, 0.25) is 0 Å². The summed E-state index contributed by atoms with van der Waals surface area (Å²) < 4.78 is 10.8. The molecule has 0 radical (unpaired) electrons. The minimum absolute atomic E-state index is 0.00231. The Hall–Kier alpha value is -3.28. The lowest BCUT2D eigenvalue weighted by Crippen LogP contribution is -2.40. The molecular weight excluding hydrogens is 404 g/mol. The summed E-state index contributed by atoms with van der Waals surface area (Å²) in [7, 11) is 1.63. The van der Waals surface area contributed by atoms with Crippen LogP contribution in [0.25, 0.3) is 11.0 Å². The van der Waals surface area contributed by atoms with Crippen LogP contribution in [0.3, 0.4) is 0 Å². The molecule has 1 fully saturated rings. The molecule has 0 spiro atoms. The van der Waals surface area contributed by atoms with E-state index in [9.17, 15) is 9.59 Å². The third-order valence-electron chi connectivity index (χ3n) is 6.18. The summed E-state index contributed by atoms with van der Waals surface area (Å²) >= 11 is 0. The Balaban J connectivity index is 1.32. The number of anilines is 1. The lowest BCUT2D eigenvalue weighted by Gasteiger charge is -2.33. The lowest BCUT2D eigenvalue weighted by molar-refractivity contribution is -0.116. The third kappa shape index (κ3) is 4.96. The largest absolute Gasteiger partial charge is 0.497 e. The van der Waals surface area contributed by atoms with E-state index in [1.54, 1.807) is 7.11 Å². The van der Waals surface area contributed by atoms with Crippen molar-refractivity contribution in [2.75, 3.05) is 25.5 Å². The molecule has 0 bridgehead atoms. The number of rotatable bonds is 6. The van der Waals surface area contributed by atoms with Crippen molar-refractivity contribution in [2.24, 2.45) is 5.92 Å². The van der Waals surface area contributed by atoms with E-state index in [1.807, 2.05) is 61.2 Å². The van der Waals surface area contributed by atoms with Crippen molar-refractivity contribution in [1.29, 1.82) is 0 Å². The minimum Gasteiger partial charge on any atom is -0.497 e. The van der Waals surface area contributed by atoms with Gasteiger partial charge in [-0.05, 0) is 87.1 Å². The first-order valence-electron chi connectivity index (χ1n) is 11.2. The summed E-state index contributed by atoms with van der Waals surface area (Å²) in [6.45, 7) is 5.30. The van der Waals surface area contributed by atoms with Gasteiger partial charge in [0.2, 0.25) is 5.91 Å². The van der Waals surface area contributed by atoms with Crippen LogP contribution < -0.4 is 10.1 Å². The quantitative estimate of drug-likeness (QED) is 0.569. The third-order valence-corrected chi connectivity index (χ3v) is 6.18. The van der Waals surface area contributed by atoms with Gasteiger partial charge < -0.3 is 19.4 Å². The molecule has 1 saturated heterocycles. The Kier molecular flexibility index (Phi) is 6.49. The van der Waals surface area contributed by atoms with E-state index in [0.717, 1.165) is 59.5 Å². The fraction of sp³-hybridized carbons (Fsp3) is 0.385. The molecular formula is C26H30N2O4. The van der Waals surface area contributed by atoms with Crippen LogP contribution >= 0.6 is 0 Å². The van der Waals surface area contributed by atoms with Gasteiger partial charge in [-0.1, -0.05) is 0 Å². The molecule has 0 saturated carbocycles. The van der Waals surface area contributed by atoms with Crippen molar-refractivity contribution in [2.45, 2.75) is 39.5 Å². The molecule has 2 aromatic carbocycles. The van der Waals surface area contributed by atoms with E-state index in [1.165, 1.54) is 0 Å². The second kappa shape index (κ2) is 9.47. The van der Waals surface area contributed by atoms with Crippen LogP contribution in [0.1, 0.15) is 47.4 Å². The number of furan rings is 1. The maximum absolute atomic E-state index is 13.1. The van der Waals surface area contributed by atoms with Crippen LogP contribution in [-0.4, -0.2) is 36.9 Å². The number of piperidine rings is 1. The normalized spacial score (nSPS) is 16.2. The number of fused-ring (bicyclic) bond motifs is 1. The second-order valence-electron chi connectivity index (χ2n) is 8.64. The Labute approximate surface area is 188 Å². The molecule has 1 aromatic heterocycles. The number of hydrogen-bond donors (Lipinski definition) is 1. The summed E-state index contributed by atoms with van der Waals surface area (Å²) in [6.07, 6.45) is 3.21. The van der Waals surface area contributed by atoms with Crippen molar-refractivity contribution in [3.8, 4) is 5.75 Å². The van der Waals surface area contributed by atoms with E-state index in [4.69, 9.17) is 9.15 Å². The van der Waals surface area contributed by atoms with Crippen molar-refractivity contribution in [3.63, 3.8) is 0 Å². The average Bonchev–Trinajstić information content (AvgIpc) is 3.18. The Morgan fingerprint density at radius 1 is 1.16 bits per heavy atom. The molecule has 6 heteroatoms. The molecule has 3 aromatic rings. The van der Waals surface area contributed by atoms with Gasteiger partial charge in [-0.25, -0.2) is 0 Å². The standard InChI is InChI=1S/C26H30N2O4/c1-17-13-22(31-3)8-9-23(17)27-25(29)11-6-19-5-4-12-28(16-19)26(30)20-7-10-24-21(15-20)14-18(2)32-24/h7-10,13-15,19H,4-6,11-12,16H2,1-3H3,(H,27,29). The first kappa shape index (κ1) is 21.9. The van der Waals surface area contributed by atoms with Crippen LogP contribution in [0.15, 0.2) is 46.9 Å². The molecule has 2 heterocycles. The molecule has 1 N–H and O–H groups in total. The SMILES string of the molecule is COc1ccc(NC(=O)CCC2CCCN(C(=O)c3ccc4oc(C)cc4c3)C2)c(C)c1. The van der Waals surface area contributed by atoms with Crippen molar-refractivity contribution < 1.29 is 18.7 Å². The number of benzene rings is 2. The van der Waals surface area contributed by atoms with Gasteiger partial charge in [-0.3, -0.25) is 9.59 Å². The van der Waals surface area contributed by atoms with Gasteiger partial charge in [0.25, 0.3) is 5.91 Å². The van der Waals surface area contributed by atoms with E-state index < -0.39 is 0 Å². The maximum atomic E-state index is 13.1. The topological polar surface area (TPSA) is 71.8 Å². The van der Waals surface area contributed by atoms with Crippen LogP contribution in [0, 0.1) is 19.8 Å². The molecule has 1 aliphatic heterocycles. The molecule has 32 heavy (non-hydrogen) atoms. The predicted molar refractivity (Wildman–Crippen MR) is 125 cm³/mol. The van der Waals surface area contributed by atoms with Gasteiger partial charge in [-0.2, -0.15) is 0 Å². The average molecular weight is 435 g/mol. The molecule has 168 valence electrons. The number of ether oxygens (including phenoxy) is 1. The number of nitrogens with zero attached hydrogens (tertiary/aromatic N) is 1. The molecule has 1 atom stereocenters. The van der Waals surface area contributed by atoms with Crippen LogP contribution in [-0.2, 0) is 4.79 Å². The highest BCUT2D eigenvalue weighted by atomic mass is 16.5. The maximum Gasteiger partial charge on any atom is 0.253 e. The summed E-state index contributed by atoms with van der Waals surface area (Å²) in [5.41, 5.74) is 3.26. The highest BCUT2D eigenvalue weighted by molar-refractivity contribution is 5.98. The number of carbonyl (C=O) groups is 2. The molecule has 2 amide bonds. The molecule has 1 aliphatic rings. The number of likely N-dealkylation sites (tertiary alicyclic amines) is 1. The first-order valence-corrected chi connectivity index (χ1v) is 11.2. The number of methoxy groups -OCH3 is 1. The van der Waals surface area contributed by atoms with Crippen molar-refractivity contribution >= 4 is 28.5 Å². The fourth-order valence-corrected chi connectivity index (χ4v) is 4.43. The first-order chi connectivity index (χ1) is 15.4. The highest BCUT2D eigenvalue weighted by Crippen LogP contribution is 2.26. The minimum atomic E-state index is 0.00231. The summed E-state index contributed by atoms with van der Waals surface area (Å²) in [5, 5.41) is 3.95. The van der Waals surface area contributed by atoms with E-state index in [0.29, 0.717) is 24.4 Å². The molecule has 0 aliphatic carbocycles. The zero-order chi connectivity index (χ0) is 22.7.